The molecule has 0 saturated heterocycles. The smallest absolute Gasteiger partial charge is 0.274 e. The number of nitrogens with one attached hydrogen (secondary N) is 1. The topological polar surface area (TPSA) is 75.3 Å². The van der Waals surface area contributed by atoms with Gasteiger partial charge in [0.1, 0.15) is 5.69 Å². The van der Waals surface area contributed by atoms with Crippen molar-refractivity contribution in [2.75, 3.05) is 14.2 Å². The van der Waals surface area contributed by atoms with E-state index >= 15 is 0 Å². The van der Waals surface area contributed by atoms with E-state index < -0.39 is 5.82 Å². The summed E-state index contributed by atoms with van der Waals surface area (Å²) in [6.07, 6.45) is 0. The number of ether oxygens (including phenoxy) is 1. The van der Waals surface area contributed by atoms with Gasteiger partial charge in [-0.1, -0.05) is 6.07 Å². The van der Waals surface area contributed by atoms with E-state index in [2.05, 4.69) is 10.2 Å². The number of aromatic amines is 1. The Morgan fingerprint density at radius 3 is 2.71 bits per heavy atom. The summed E-state index contributed by atoms with van der Waals surface area (Å²) in [6.45, 7) is 0.209. The summed E-state index contributed by atoms with van der Waals surface area (Å²) in [6, 6.07) is 7.05. The number of amides is 1. The van der Waals surface area contributed by atoms with Crippen LogP contribution in [-0.4, -0.2) is 35.2 Å². The van der Waals surface area contributed by atoms with Crippen molar-refractivity contribution in [1.29, 1.82) is 0 Å². The first-order chi connectivity index (χ1) is 10.0. The first-order valence-electron chi connectivity index (χ1n) is 6.15. The molecule has 110 valence electrons. The maximum Gasteiger partial charge on any atom is 0.274 e. The fraction of sp³-hybridized carbons (Fsp3) is 0.214. The van der Waals surface area contributed by atoms with Crippen molar-refractivity contribution in [3.63, 3.8) is 0 Å². The van der Waals surface area contributed by atoms with Gasteiger partial charge in [0, 0.05) is 19.7 Å². The summed E-state index contributed by atoms with van der Waals surface area (Å²) >= 11 is 0. The summed E-state index contributed by atoms with van der Waals surface area (Å²) < 4.78 is 18.4. The molecule has 7 heteroatoms. The van der Waals surface area contributed by atoms with E-state index in [1.165, 1.54) is 36.3 Å². The first-order valence-corrected chi connectivity index (χ1v) is 6.15. The molecule has 0 bridgehead atoms. The Labute approximate surface area is 120 Å². The van der Waals surface area contributed by atoms with E-state index in [-0.39, 0.29) is 29.5 Å². The SMILES string of the molecule is COc1ccc(CN(C)C(=O)c2ccc(=O)[nH]n2)cc1F. The van der Waals surface area contributed by atoms with E-state index in [1.807, 2.05) is 0 Å². The molecular weight excluding hydrogens is 277 g/mol. The number of halogens is 1. The van der Waals surface area contributed by atoms with Crippen LogP contribution in [0.5, 0.6) is 5.75 Å². The number of H-pyrrole nitrogens is 1. The third-order valence-corrected chi connectivity index (χ3v) is 2.88. The van der Waals surface area contributed by atoms with Crippen molar-refractivity contribution >= 4 is 5.91 Å². The van der Waals surface area contributed by atoms with Crippen LogP contribution in [0.3, 0.4) is 0 Å². The highest BCUT2D eigenvalue weighted by Crippen LogP contribution is 2.18. The zero-order valence-corrected chi connectivity index (χ0v) is 11.6. The maximum atomic E-state index is 13.6. The maximum absolute atomic E-state index is 13.6. The fourth-order valence-electron chi connectivity index (χ4n) is 1.81. The molecule has 1 amide bonds. The van der Waals surface area contributed by atoms with Crippen LogP contribution < -0.4 is 10.3 Å². The molecule has 0 atom stereocenters. The number of rotatable bonds is 4. The minimum absolute atomic E-state index is 0.117. The highest BCUT2D eigenvalue weighted by Gasteiger charge is 2.14. The zero-order chi connectivity index (χ0) is 15.4. The highest BCUT2D eigenvalue weighted by molar-refractivity contribution is 5.91. The molecule has 2 aromatic rings. The summed E-state index contributed by atoms with van der Waals surface area (Å²) in [4.78, 5) is 24.4. The quantitative estimate of drug-likeness (QED) is 0.918. The number of nitrogens with zero attached hydrogens (tertiary/aromatic N) is 2. The van der Waals surface area contributed by atoms with E-state index in [4.69, 9.17) is 4.74 Å². The molecule has 0 aliphatic rings. The van der Waals surface area contributed by atoms with Crippen LogP contribution in [0.2, 0.25) is 0 Å². The average Bonchev–Trinajstić information content (AvgIpc) is 2.47. The molecule has 0 saturated carbocycles. The van der Waals surface area contributed by atoms with Gasteiger partial charge >= 0.3 is 0 Å². The van der Waals surface area contributed by atoms with Gasteiger partial charge in [-0.3, -0.25) is 9.59 Å². The van der Waals surface area contributed by atoms with Crippen molar-refractivity contribution in [3.8, 4) is 5.75 Å². The second-order valence-corrected chi connectivity index (χ2v) is 4.44. The highest BCUT2D eigenvalue weighted by atomic mass is 19.1. The zero-order valence-electron chi connectivity index (χ0n) is 11.6. The molecule has 2 rings (SSSR count). The Balaban J connectivity index is 2.12. The first kappa shape index (κ1) is 14.7. The monoisotopic (exact) mass is 291 g/mol. The molecule has 1 aromatic heterocycles. The number of methoxy groups -OCH3 is 1. The minimum atomic E-state index is -0.488. The van der Waals surface area contributed by atoms with Gasteiger partial charge in [-0.25, -0.2) is 9.49 Å². The standard InChI is InChI=1S/C14H14FN3O3/c1-18(14(20)11-4-6-13(19)17-16-11)8-9-3-5-12(21-2)10(15)7-9/h3-7H,8H2,1-2H3,(H,17,19). The third-order valence-electron chi connectivity index (χ3n) is 2.88. The molecule has 0 radical (unpaired) electrons. The van der Waals surface area contributed by atoms with E-state index in [0.717, 1.165) is 0 Å². The van der Waals surface area contributed by atoms with Crippen LogP contribution in [0.1, 0.15) is 16.1 Å². The number of hydrogen-bond acceptors (Lipinski definition) is 4. The van der Waals surface area contributed by atoms with Crippen LogP contribution in [-0.2, 0) is 6.54 Å². The Hall–Kier alpha value is -2.70. The van der Waals surface area contributed by atoms with Gasteiger partial charge in [-0.15, -0.1) is 0 Å². The van der Waals surface area contributed by atoms with Crippen molar-refractivity contribution in [1.82, 2.24) is 15.1 Å². The molecule has 6 nitrogen and oxygen atoms in total. The Morgan fingerprint density at radius 2 is 2.14 bits per heavy atom. The average molecular weight is 291 g/mol. The Morgan fingerprint density at radius 1 is 1.38 bits per heavy atom. The predicted molar refractivity (Wildman–Crippen MR) is 73.6 cm³/mol. The van der Waals surface area contributed by atoms with Crippen LogP contribution >= 0.6 is 0 Å². The minimum Gasteiger partial charge on any atom is -0.494 e. The molecule has 1 heterocycles. The molecular formula is C14H14FN3O3. The van der Waals surface area contributed by atoms with Gasteiger partial charge in [0.2, 0.25) is 0 Å². The van der Waals surface area contributed by atoms with Gasteiger partial charge in [-0.05, 0) is 23.8 Å². The lowest BCUT2D eigenvalue weighted by Gasteiger charge is -2.16. The van der Waals surface area contributed by atoms with Gasteiger partial charge in [0.05, 0.1) is 7.11 Å². The Kier molecular flexibility index (Phi) is 4.32. The van der Waals surface area contributed by atoms with Gasteiger partial charge in [0.25, 0.3) is 11.5 Å². The van der Waals surface area contributed by atoms with Gasteiger partial charge in [0.15, 0.2) is 11.6 Å². The molecule has 0 spiro atoms. The van der Waals surface area contributed by atoms with Crippen molar-refractivity contribution < 1.29 is 13.9 Å². The second-order valence-electron chi connectivity index (χ2n) is 4.44. The van der Waals surface area contributed by atoms with Crippen LogP contribution in [0, 0.1) is 5.82 Å². The summed E-state index contributed by atoms with van der Waals surface area (Å²) in [7, 11) is 2.95. The van der Waals surface area contributed by atoms with E-state index in [1.54, 1.807) is 13.1 Å². The third kappa shape index (κ3) is 3.44. The van der Waals surface area contributed by atoms with Gasteiger partial charge in [-0.2, -0.15) is 5.10 Å². The van der Waals surface area contributed by atoms with E-state index in [9.17, 15) is 14.0 Å². The number of hydrogen-bond donors (Lipinski definition) is 1. The lowest BCUT2D eigenvalue weighted by molar-refractivity contribution is 0.0778. The number of carbonyl (C=O) groups is 1. The summed E-state index contributed by atoms with van der Waals surface area (Å²) in [5.74, 6) is -0.712. The lowest BCUT2D eigenvalue weighted by Crippen LogP contribution is -2.28. The van der Waals surface area contributed by atoms with Crippen molar-refractivity contribution in [2.24, 2.45) is 0 Å². The number of carbonyl (C=O) groups excluding carboxylic acids is 1. The van der Waals surface area contributed by atoms with Gasteiger partial charge < -0.3 is 9.64 Å². The van der Waals surface area contributed by atoms with E-state index in [0.29, 0.717) is 5.56 Å². The molecule has 0 fully saturated rings. The van der Waals surface area contributed by atoms with Crippen LogP contribution in [0.4, 0.5) is 4.39 Å². The molecule has 0 aliphatic carbocycles. The van der Waals surface area contributed by atoms with Crippen LogP contribution in [0.15, 0.2) is 35.1 Å². The summed E-state index contributed by atoms with van der Waals surface area (Å²) in [5.41, 5.74) is 0.353. The summed E-state index contributed by atoms with van der Waals surface area (Å²) in [5, 5.41) is 5.86. The number of benzene rings is 1. The largest absolute Gasteiger partial charge is 0.494 e. The van der Waals surface area contributed by atoms with Crippen molar-refractivity contribution in [3.05, 3.63) is 57.8 Å². The van der Waals surface area contributed by atoms with Crippen LogP contribution in [0.25, 0.3) is 0 Å². The fourth-order valence-corrected chi connectivity index (χ4v) is 1.81. The molecule has 1 aromatic carbocycles. The lowest BCUT2D eigenvalue weighted by atomic mass is 10.2. The van der Waals surface area contributed by atoms with Crippen molar-refractivity contribution in [2.45, 2.75) is 6.54 Å². The normalized spacial score (nSPS) is 10.2. The second kappa shape index (κ2) is 6.17. The molecule has 0 unspecified atom stereocenters. The Bertz CT molecular complexity index is 694. The molecule has 0 aliphatic heterocycles. The predicted octanol–water partition coefficient (Wildman–Crippen LogP) is 1.19. The molecule has 1 N–H and O–H groups in total. The number of aromatic nitrogens is 2. The molecule has 21 heavy (non-hydrogen) atoms.